The lowest BCUT2D eigenvalue weighted by molar-refractivity contribution is 0.419. The molecule has 0 radical (unpaired) electrons. The number of ether oxygens (including phenoxy) is 1. The number of hydrogen-bond donors (Lipinski definition) is 2. The van der Waals surface area contributed by atoms with Gasteiger partial charge in [0.05, 0.1) is 18.3 Å². The molecule has 1 heterocycles. The van der Waals surface area contributed by atoms with Gasteiger partial charge in [-0.15, -0.1) is 36.4 Å². The van der Waals surface area contributed by atoms with E-state index in [1.165, 1.54) is 0 Å². The Morgan fingerprint density at radius 3 is 2.50 bits per heavy atom. The number of benzene rings is 2. The first-order chi connectivity index (χ1) is 12.8. The first-order valence-electron chi connectivity index (χ1n) is 9.17. The summed E-state index contributed by atoms with van der Waals surface area (Å²) >= 11 is 5.94. The predicted octanol–water partition coefficient (Wildman–Crippen LogP) is 5.65. The predicted molar refractivity (Wildman–Crippen MR) is 126 cm³/mol. The van der Waals surface area contributed by atoms with E-state index in [4.69, 9.17) is 21.3 Å². The van der Waals surface area contributed by atoms with Crippen molar-refractivity contribution in [1.82, 2.24) is 10.3 Å². The number of pyridine rings is 1. The molecule has 0 aliphatic carbocycles. The number of para-hydroxylation sites is 2. The van der Waals surface area contributed by atoms with Crippen molar-refractivity contribution in [2.75, 3.05) is 31.4 Å². The van der Waals surface area contributed by atoms with Gasteiger partial charge in [0.15, 0.2) is 0 Å². The number of nitrogens with one attached hydrogen (secondary N) is 2. The maximum Gasteiger partial charge on any atom is 0.145 e. The molecule has 3 rings (SSSR count). The monoisotopic (exact) mass is 443 g/mol. The standard InChI is InChI=1S/C21H26ClN3O.2ClH/c1-3-15(14-22)23-12-7-13-24-20-16-8-4-5-10-18(16)25-21-17(20)9-6-11-19(21)26-2;;/h4-6,8-11,15,23H,3,7,12-14H2,1-2H3,(H,24,25);2*1H. The van der Waals surface area contributed by atoms with E-state index in [1.807, 2.05) is 24.3 Å². The van der Waals surface area contributed by atoms with Crippen LogP contribution in [0.15, 0.2) is 42.5 Å². The highest BCUT2D eigenvalue weighted by atomic mass is 35.5. The van der Waals surface area contributed by atoms with Gasteiger partial charge in [0, 0.05) is 29.2 Å². The molecule has 3 aromatic rings. The third-order valence-electron chi connectivity index (χ3n) is 4.66. The Morgan fingerprint density at radius 2 is 1.79 bits per heavy atom. The van der Waals surface area contributed by atoms with Gasteiger partial charge in [0.2, 0.25) is 0 Å². The van der Waals surface area contributed by atoms with Crippen LogP contribution in [-0.4, -0.2) is 37.1 Å². The highest BCUT2D eigenvalue weighted by Crippen LogP contribution is 2.34. The lowest BCUT2D eigenvalue weighted by Crippen LogP contribution is -2.31. The quantitative estimate of drug-likeness (QED) is 0.254. The molecule has 1 aromatic heterocycles. The van der Waals surface area contributed by atoms with Gasteiger partial charge < -0.3 is 15.4 Å². The van der Waals surface area contributed by atoms with E-state index in [-0.39, 0.29) is 24.8 Å². The minimum Gasteiger partial charge on any atom is -0.494 e. The number of aromatic nitrogens is 1. The fraction of sp³-hybridized carbons (Fsp3) is 0.381. The molecule has 154 valence electrons. The van der Waals surface area contributed by atoms with Crippen LogP contribution in [-0.2, 0) is 0 Å². The smallest absolute Gasteiger partial charge is 0.145 e. The zero-order valence-corrected chi connectivity index (χ0v) is 18.6. The number of hydrogen-bond acceptors (Lipinski definition) is 4. The molecule has 1 atom stereocenters. The third-order valence-corrected chi connectivity index (χ3v) is 5.03. The van der Waals surface area contributed by atoms with Gasteiger partial charge in [-0.05, 0) is 31.5 Å². The first-order valence-corrected chi connectivity index (χ1v) is 9.70. The molecular formula is C21H28Cl3N3O. The molecule has 4 nitrogen and oxygen atoms in total. The zero-order valence-electron chi connectivity index (χ0n) is 16.2. The second-order valence-electron chi connectivity index (χ2n) is 6.35. The van der Waals surface area contributed by atoms with Gasteiger partial charge in [-0.2, -0.15) is 0 Å². The number of methoxy groups -OCH3 is 1. The van der Waals surface area contributed by atoms with Crippen LogP contribution in [0.25, 0.3) is 21.8 Å². The average Bonchev–Trinajstić information content (AvgIpc) is 2.69. The second-order valence-corrected chi connectivity index (χ2v) is 6.66. The van der Waals surface area contributed by atoms with Crippen molar-refractivity contribution in [1.29, 1.82) is 0 Å². The third kappa shape index (κ3) is 5.54. The minimum atomic E-state index is 0. The van der Waals surface area contributed by atoms with Crippen LogP contribution >= 0.6 is 36.4 Å². The first kappa shape index (κ1) is 24.6. The van der Waals surface area contributed by atoms with Crippen LogP contribution in [0.5, 0.6) is 5.75 Å². The van der Waals surface area contributed by atoms with Crippen LogP contribution in [0.2, 0.25) is 0 Å². The van der Waals surface area contributed by atoms with Crippen molar-refractivity contribution in [3.05, 3.63) is 42.5 Å². The van der Waals surface area contributed by atoms with E-state index in [2.05, 4.69) is 35.8 Å². The van der Waals surface area contributed by atoms with E-state index in [0.29, 0.717) is 11.9 Å². The van der Waals surface area contributed by atoms with E-state index in [0.717, 1.165) is 59.2 Å². The summed E-state index contributed by atoms with van der Waals surface area (Å²) in [5.74, 6) is 1.45. The molecular weight excluding hydrogens is 417 g/mol. The van der Waals surface area contributed by atoms with E-state index in [1.54, 1.807) is 7.11 Å². The van der Waals surface area contributed by atoms with Crippen LogP contribution < -0.4 is 15.4 Å². The van der Waals surface area contributed by atoms with Gasteiger partial charge in [0.1, 0.15) is 11.3 Å². The van der Waals surface area contributed by atoms with Gasteiger partial charge in [-0.25, -0.2) is 4.98 Å². The van der Waals surface area contributed by atoms with Crippen molar-refractivity contribution in [2.24, 2.45) is 0 Å². The minimum absolute atomic E-state index is 0. The van der Waals surface area contributed by atoms with Crippen LogP contribution in [0.1, 0.15) is 19.8 Å². The molecule has 2 aromatic carbocycles. The van der Waals surface area contributed by atoms with Crippen LogP contribution in [0.3, 0.4) is 0 Å². The average molecular weight is 445 g/mol. The molecule has 0 aliphatic heterocycles. The van der Waals surface area contributed by atoms with Gasteiger partial charge in [-0.3, -0.25) is 0 Å². The SMILES string of the molecule is CCC(CCl)NCCCNc1c2ccccc2nc2c(OC)cccc12.Cl.Cl. The molecule has 0 amide bonds. The number of halogens is 3. The summed E-state index contributed by atoms with van der Waals surface area (Å²) < 4.78 is 5.51. The van der Waals surface area contributed by atoms with E-state index >= 15 is 0 Å². The van der Waals surface area contributed by atoms with Crippen LogP contribution in [0, 0.1) is 0 Å². The Morgan fingerprint density at radius 1 is 1.04 bits per heavy atom. The maximum atomic E-state index is 5.94. The zero-order chi connectivity index (χ0) is 18.4. The molecule has 0 aliphatic rings. The van der Waals surface area contributed by atoms with E-state index in [9.17, 15) is 0 Å². The van der Waals surface area contributed by atoms with Crippen molar-refractivity contribution in [2.45, 2.75) is 25.8 Å². The van der Waals surface area contributed by atoms with Crippen molar-refractivity contribution in [3.63, 3.8) is 0 Å². The van der Waals surface area contributed by atoms with Gasteiger partial charge >= 0.3 is 0 Å². The Bertz CT molecular complexity index is 872. The molecule has 0 fully saturated rings. The van der Waals surface area contributed by atoms with Crippen molar-refractivity contribution >= 4 is 63.9 Å². The molecule has 0 spiro atoms. The number of fused-ring (bicyclic) bond motifs is 2. The summed E-state index contributed by atoms with van der Waals surface area (Å²) in [6.07, 6.45) is 2.08. The normalized spacial score (nSPS) is 11.5. The molecule has 0 saturated heterocycles. The number of nitrogens with zero attached hydrogens (tertiary/aromatic N) is 1. The van der Waals surface area contributed by atoms with Gasteiger partial charge in [0.25, 0.3) is 0 Å². The maximum absolute atomic E-state index is 5.94. The molecule has 1 unspecified atom stereocenters. The summed E-state index contributed by atoms with van der Waals surface area (Å²) in [5, 5.41) is 9.34. The lowest BCUT2D eigenvalue weighted by atomic mass is 10.1. The summed E-state index contributed by atoms with van der Waals surface area (Å²) in [6.45, 7) is 3.98. The topological polar surface area (TPSA) is 46.2 Å². The number of anilines is 1. The molecule has 0 saturated carbocycles. The van der Waals surface area contributed by atoms with Gasteiger partial charge in [-0.1, -0.05) is 37.3 Å². The van der Waals surface area contributed by atoms with E-state index < -0.39 is 0 Å². The van der Waals surface area contributed by atoms with Crippen LogP contribution in [0.4, 0.5) is 5.69 Å². The molecule has 2 N–H and O–H groups in total. The second kappa shape index (κ2) is 12.2. The summed E-state index contributed by atoms with van der Waals surface area (Å²) in [7, 11) is 1.69. The highest BCUT2D eigenvalue weighted by Gasteiger charge is 2.11. The Labute approximate surface area is 184 Å². The summed E-state index contributed by atoms with van der Waals surface area (Å²) in [5.41, 5.74) is 2.98. The largest absolute Gasteiger partial charge is 0.494 e. The summed E-state index contributed by atoms with van der Waals surface area (Å²) in [4.78, 5) is 4.81. The Hall–Kier alpha value is -1.46. The van der Waals surface area contributed by atoms with Crippen molar-refractivity contribution in [3.8, 4) is 5.75 Å². The fourth-order valence-electron chi connectivity index (χ4n) is 3.16. The number of rotatable bonds is 9. The van der Waals surface area contributed by atoms with Crippen molar-refractivity contribution < 1.29 is 4.74 Å². The fourth-order valence-corrected chi connectivity index (χ4v) is 3.49. The Balaban J connectivity index is 0.00000196. The lowest BCUT2D eigenvalue weighted by Gasteiger charge is -2.16. The summed E-state index contributed by atoms with van der Waals surface area (Å²) in [6, 6.07) is 14.7. The molecule has 7 heteroatoms. The highest BCUT2D eigenvalue weighted by molar-refractivity contribution is 6.18. The number of alkyl halides is 1. The molecule has 28 heavy (non-hydrogen) atoms. The Kier molecular flexibility index (Phi) is 10.7. The molecule has 0 bridgehead atoms.